The highest BCUT2D eigenvalue weighted by Crippen LogP contribution is 2.27. The van der Waals surface area contributed by atoms with Crippen LogP contribution in [0.25, 0.3) is 10.8 Å². The van der Waals surface area contributed by atoms with Crippen LogP contribution in [0.15, 0.2) is 84.3 Å². The molecule has 1 aliphatic carbocycles. The van der Waals surface area contributed by atoms with Gasteiger partial charge in [0.15, 0.2) is 0 Å². The number of fused-ring (bicyclic) bond motifs is 1. The fourth-order valence-electron chi connectivity index (χ4n) is 4.88. The molecular weight excluding hydrogens is 709 g/mol. The number of Topliss-reactive ketones (excluding diaryl/α,β-unsaturated/α-hetero) is 1. The summed E-state index contributed by atoms with van der Waals surface area (Å²) >= 11 is 0. The zero-order valence-electron chi connectivity index (χ0n) is 32.5. The molecule has 1 fully saturated rings. The second-order valence-corrected chi connectivity index (χ2v) is 15.2. The van der Waals surface area contributed by atoms with E-state index in [1.165, 1.54) is 18.6 Å². The van der Waals surface area contributed by atoms with Gasteiger partial charge in [-0.3, -0.25) is 28.7 Å². The van der Waals surface area contributed by atoms with E-state index in [9.17, 15) is 32.4 Å². The SMILES string of the molecule is C=C[C@H](C)C(NC(=O)C(C)CCCC)C(=O)NS(=O)(=O)C1CC1.CC(=O)CNC=O.COCCCCCc1ccc2cc[nH]c(=O)c2c1.c1ccccc1. The van der Waals surface area contributed by atoms with Gasteiger partial charge in [0.05, 0.1) is 11.8 Å². The number of ketones is 1. The number of rotatable bonds is 19. The molecule has 298 valence electrons. The van der Waals surface area contributed by atoms with Crippen LogP contribution in [0.5, 0.6) is 0 Å². The van der Waals surface area contributed by atoms with E-state index < -0.39 is 27.2 Å². The minimum Gasteiger partial charge on any atom is -0.385 e. The summed E-state index contributed by atoms with van der Waals surface area (Å²) in [5.41, 5.74) is 1.23. The van der Waals surface area contributed by atoms with Gasteiger partial charge in [-0.1, -0.05) is 94.6 Å². The number of H-pyrrole nitrogens is 1. The first kappa shape index (κ1) is 47.4. The molecule has 4 rings (SSSR count). The van der Waals surface area contributed by atoms with Gasteiger partial charge in [0, 0.05) is 37.1 Å². The molecule has 0 saturated heterocycles. The Morgan fingerprint density at radius 2 is 1.63 bits per heavy atom. The van der Waals surface area contributed by atoms with Crippen molar-refractivity contribution in [3.05, 3.63) is 95.4 Å². The van der Waals surface area contributed by atoms with Gasteiger partial charge in [-0.05, 0) is 68.5 Å². The van der Waals surface area contributed by atoms with Crippen molar-refractivity contribution in [2.24, 2.45) is 11.8 Å². The first-order chi connectivity index (χ1) is 25.8. The van der Waals surface area contributed by atoms with Gasteiger partial charge >= 0.3 is 0 Å². The summed E-state index contributed by atoms with van der Waals surface area (Å²) in [6, 6.07) is 19.1. The highest BCUT2D eigenvalue weighted by molar-refractivity contribution is 7.90. The van der Waals surface area contributed by atoms with Crippen LogP contribution >= 0.6 is 0 Å². The lowest BCUT2D eigenvalue weighted by molar-refractivity contribution is -0.130. The van der Waals surface area contributed by atoms with E-state index in [2.05, 4.69) is 33.0 Å². The molecule has 2 aromatic carbocycles. The molecule has 4 N–H and O–H groups in total. The molecule has 1 heterocycles. The second-order valence-electron chi connectivity index (χ2n) is 13.2. The van der Waals surface area contributed by atoms with Crippen molar-refractivity contribution >= 4 is 44.8 Å². The summed E-state index contributed by atoms with van der Waals surface area (Å²) in [5, 5.41) is 6.19. The fraction of sp³-hybridized carbons (Fsp3) is 0.488. The van der Waals surface area contributed by atoms with E-state index in [4.69, 9.17) is 4.74 Å². The smallest absolute Gasteiger partial charge is 0.256 e. The standard InChI is InChI=1S/C16H28N2O4S.C15H19NO2.C6H6.C4H7NO2/c1-5-7-8-12(4)15(19)17-14(11(3)6-2)16(20)18-23(21,22)13-9-10-13;1-18-10-4-2-3-5-12-6-7-13-8-9-16-15(17)14(13)11-12;1-2-4-6-5-3-1;1-4(7)2-5-3-6/h6,11-14H,2,5,7-10H2,1,3-4H3,(H,17,19)(H,18,20);6-9,11H,2-5,10H2,1H3,(H,16,17);1-6H;3H,2H2,1H3,(H,5,6)/t11-,12?,14?;;;/m0.../s1. The number of pyridine rings is 1. The van der Waals surface area contributed by atoms with E-state index in [0.29, 0.717) is 19.3 Å². The van der Waals surface area contributed by atoms with Gasteiger partial charge in [0.2, 0.25) is 22.3 Å². The molecule has 0 spiro atoms. The van der Waals surface area contributed by atoms with Crippen molar-refractivity contribution in [2.45, 2.75) is 96.8 Å². The summed E-state index contributed by atoms with van der Waals surface area (Å²) in [6.45, 7) is 11.6. The number of unbranched alkanes of at least 4 members (excludes halogenated alkanes) is 3. The lowest BCUT2D eigenvalue weighted by Crippen LogP contribution is -2.52. The van der Waals surface area contributed by atoms with Gasteiger partial charge in [0.1, 0.15) is 11.8 Å². The molecule has 2 unspecified atom stereocenters. The van der Waals surface area contributed by atoms with Gasteiger partial charge in [-0.2, -0.15) is 0 Å². The van der Waals surface area contributed by atoms with Crippen LogP contribution in [0.4, 0.5) is 0 Å². The molecule has 3 aromatic rings. The van der Waals surface area contributed by atoms with Crippen LogP contribution < -0.4 is 20.9 Å². The van der Waals surface area contributed by atoms with Crippen molar-refractivity contribution in [1.29, 1.82) is 0 Å². The summed E-state index contributed by atoms with van der Waals surface area (Å²) < 4.78 is 30.9. The molecule has 1 saturated carbocycles. The number of aromatic amines is 1. The third kappa shape index (κ3) is 20.0. The zero-order chi connectivity index (χ0) is 40.4. The number of nitrogens with one attached hydrogen (secondary N) is 4. The Bertz CT molecular complexity index is 1700. The normalized spacial score (nSPS) is 13.4. The number of sulfonamides is 1. The van der Waals surface area contributed by atoms with Crippen molar-refractivity contribution in [3.63, 3.8) is 0 Å². The van der Waals surface area contributed by atoms with E-state index in [1.54, 1.807) is 27.2 Å². The highest BCUT2D eigenvalue weighted by Gasteiger charge is 2.39. The first-order valence-electron chi connectivity index (χ1n) is 18.5. The molecule has 3 atom stereocenters. The number of benzene rings is 2. The summed E-state index contributed by atoms with van der Waals surface area (Å²) in [4.78, 5) is 58.3. The Morgan fingerprint density at radius 3 is 2.15 bits per heavy atom. The zero-order valence-corrected chi connectivity index (χ0v) is 33.3. The fourth-order valence-corrected chi connectivity index (χ4v) is 6.21. The maximum atomic E-state index is 12.3. The van der Waals surface area contributed by atoms with E-state index in [0.717, 1.165) is 62.3 Å². The van der Waals surface area contributed by atoms with Gasteiger partial charge in [-0.15, -0.1) is 6.58 Å². The van der Waals surface area contributed by atoms with Crippen molar-refractivity contribution in [2.75, 3.05) is 20.3 Å². The van der Waals surface area contributed by atoms with E-state index in [1.807, 2.05) is 61.5 Å². The van der Waals surface area contributed by atoms with Crippen molar-refractivity contribution in [1.82, 2.24) is 20.3 Å². The second kappa shape index (κ2) is 27.0. The largest absolute Gasteiger partial charge is 0.385 e. The maximum absolute atomic E-state index is 12.3. The molecular formula is C41H60N4O8S. The Labute approximate surface area is 321 Å². The van der Waals surface area contributed by atoms with Gasteiger partial charge in [-0.25, -0.2) is 8.42 Å². The molecule has 54 heavy (non-hydrogen) atoms. The van der Waals surface area contributed by atoms with Gasteiger partial charge in [0.25, 0.3) is 11.5 Å². The van der Waals surface area contributed by atoms with Crippen molar-refractivity contribution < 1.29 is 32.3 Å². The van der Waals surface area contributed by atoms with Crippen LogP contribution in [0.2, 0.25) is 0 Å². The van der Waals surface area contributed by atoms with E-state index >= 15 is 0 Å². The number of hydrogen-bond acceptors (Lipinski definition) is 8. The number of aromatic nitrogens is 1. The lowest BCUT2D eigenvalue weighted by Gasteiger charge is -2.24. The van der Waals surface area contributed by atoms with Crippen LogP contribution in [0, 0.1) is 11.8 Å². The van der Waals surface area contributed by atoms with Crippen LogP contribution in [0.3, 0.4) is 0 Å². The number of ether oxygens (including phenoxy) is 1. The van der Waals surface area contributed by atoms with Gasteiger partial charge < -0.3 is 20.4 Å². The molecule has 0 radical (unpaired) electrons. The minimum atomic E-state index is -3.63. The first-order valence-corrected chi connectivity index (χ1v) is 20.1. The summed E-state index contributed by atoms with van der Waals surface area (Å²) in [5.74, 6) is -1.56. The summed E-state index contributed by atoms with van der Waals surface area (Å²) in [7, 11) is -1.90. The number of aryl methyl sites for hydroxylation is 1. The quantitative estimate of drug-likeness (QED) is 0.0689. The number of hydrogen-bond donors (Lipinski definition) is 4. The third-order valence-corrected chi connectivity index (χ3v) is 10.2. The molecule has 1 aromatic heterocycles. The summed E-state index contributed by atoms with van der Waals surface area (Å²) in [6.07, 6.45) is 12.0. The predicted octanol–water partition coefficient (Wildman–Crippen LogP) is 5.62. The molecule has 3 amide bonds. The Morgan fingerprint density at radius 1 is 0.981 bits per heavy atom. The monoisotopic (exact) mass is 768 g/mol. The number of methoxy groups -OCH3 is 1. The number of carbonyl (C=O) groups is 4. The van der Waals surface area contributed by atoms with Crippen LogP contribution in [0.1, 0.15) is 84.6 Å². The molecule has 13 heteroatoms. The van der Waals surface area contributed by atoms with Crippen LogP contribution in [-0.2, 0) is 40.4 Å². The third-order valence-electron chi connectivity index (χ3n) is 8.38. The number of amides is 3. The maximum Gasteiger partial charge on any atom is 0.256 e. The highest BCUT2D eigenvalue weighted by atomic mass is 32.2. The Balaban J connectivity index is 0.000000411. The topological polar surface area (TPSA) is 181 Å². The predicted molar refractivity (Wildman–Crippen MR) is 215 cm³/mol. The molecule has 1 aliphatic rings. The molecule has 0 bridgehead atoms. The van der Waals surface area contributed by atoms with Crippen molar-refractivity contribution in [3.8, 4) is 0 Å². The molecule has 0 aliphatic heterocycles. The Kier molecular flexibility index (Phi) is 23.7. The Hall–Kier alpha value is -4.62. The van der Waals surface area contributed by atoms with E-state index in [-0.39, 0.29) is 35.6 Å². The number of carbonyl (C=O) groups excluding carboxylic acids is 4. The minimum absolute atomic E-state index is 0.00580. The molecule has 12 nitrogen and oxygen atoms in total. The lowest BCUT2D eigenvalue weighted by atomic mass is 9.98. The average molecular weight is 769 g/mol. The average Bonchev–Trinajstić information content (AvgIpc) is 4.03. The van der Waals surface area contributed by atoms with Crippen LogP contribution in [-0.4, -0.2) is 69.0 Å².